The molecule has 0 unspecified atom stereocenters. The molecule has 3 rings (SSSR count). The SMILES string of the molecule is CCn1c(C)nc2cc(-c3ccccc3)ccc21. The number of imidazole rings is 1. The molecule has 2 heteroatoms. The molecule has 0 radical (unpaired) electrons. The number of hydrogen-bond acceptors (Lipinski definition) is 1. The van der Waals surface area contributed by atoms with Gasteiger partial charge in [0.15, 0.2) is 0 Å². The Morgan fingerprint density at radius 2 is 1.78 bits per heavy atom. The van der Waals surface area contributed by atoms with Gasteiger partial charge in [-0.2, -0.15) is 0 Å². The molecule has 0 atom stereocenters. The van der Waals surface area contributed by atoms with Crippen molar-refractivity contribution in [3.8, 4) is 11.1 Å². The van der Waals surface area contributed by atoms with Gasteiger partial charge in [-0.05, 0) is 37.1 Å². The molecule has 0 saturated carbocycles. The minimum atomic E-state index is 0.965. The van der Waals surface area contributed by atoms with Crippen LogP contribution in [0.3, 0.4) is 0 Å². The number of hydrogen-bond donors (Lipinski definition) is 0. The molecule has 18 heavy (non-hydrogen) atoms. The third-order valence-electron chi connectivity index (χ3n) is 3.36. The van der Waals surface area contributed by atoms with Crippen molar-refractivity contribution in [3.63, 3.8) is 0 Å². The molecule has 0 N–H and O–H groups in total. The summed E-state index contributed by atoms with van der Waals surface area (Å²) in [5.74, 6) is 1.08. The van der Waals surface area contributed by atoms with E-state index in [1.807, 2.05) is 6.07 Å². The van der Waals surface area contributed by atoms with Crippen LogP contribution in [0.4, 0.5) is 0 Å². The molecular formula is C16H16N2. The molecule has 3 aromatic rings. The average Bonchev–Trinajstić information content (AvgIpc) is 2.74. The van der Waals surface area contributed by atoms with E-state index in [4.69, 9.17) is 0 Å². The maximum absolute atomic E-state index is 4.63. The van der Waals surface area contributed by atoms with Crippen molar-refractivity contribution in [2.75, 3.05) is 0 Å². The summed E-state index contributed by atoms with van der Waals surface area (Å²) in [7, 11) is 0. The zero-order valence-corrected chi connectivity index (χ0v) is 10.7. The van der Waals surface area contributed by atoms with Crippen LogP contribution < -0.4 is 0 Å². The van der Waals surface area contributed by atoms with Crippen LogP contribution in [-0.4, -0.2) is 9.55 Å². The highest BCUT2D eigenvalue weighted by molar-refractivity contribution is 5.82. The van der Waals surface area contributed by atoms with Gasteiger partial charge < -0.3 is 4.57 Å². The van der Waals surface area contributed by atoms with E-state index in [0.29, 0.717) is 0 Å². The lowest BCUT2D eigenvalue weighted by atomic mass is 10.1. The molecule has 0 bridgehead atoms. The third-order valence-corrected chi connectivity index (χ3v) is 3.36. The Kier molecular flexibility index (Phi) is 2.63. The first kappa shape index (κ1) is 11.0. The van der Waals surface area contributed by atoms with Gasteiger partial charge in [-0.15, -0.1) is 0 Å². The van der Waals surface area contributed by atoms with Crippen LogP contribution in [0.2, 0.25) is 0 Å². The molecule has 0 aliphatic heterocycles. The van der Waals surface area contributed by atoms with Crippen LogP contribution in [0.5, 0.6) is 0 Å². The lowest BCUT2D eigenvalue weighted by Gasteiger charge is -2.03. The highest BCUT2D eigenvalue weighted by Gasteiger charge is 2.07. The Morgan fingerprint density at radius 3 is 2.50 bits per heavy atom. The van der Waals surface area contributed by atoms with Crippen LogP contribution >= 0.6 is 0 Å². The van der Waals surface area contributed by atoms with E-state index in [9.17, 15) is 0 Å². The Hall–Kier alpha value is -2.09. The van der Waals surface area contributed by atoms with Crippen LogP contribution in [0.25, 0.3) is 22.2 Å². The molecule has 1 heterocycles. The minimum Gasteiger partial charge on any atom is -0.329 e. The van der Waals surface area contributed by atoms with Crippen molar-refractivity contribution in [3.05, 3.63) is 54.4 Å². The van der Waals surface area contributed by atoms with Crippen molar-refractivity contribution in [2.24, 2.45) is 0 Å². The second-order valence-electron chi connectivity index (χ2n) is 4.47. The molecule has 90 valence electrons. The van der Waals surface area contributed by atoms with Crippen LogP contribution in [0, 0.1) is 6.92 Å². The first-order valence-corrected chi connectivity index (χ1v) is 6.32. The zero-order valence-electron chi connectivity index (χ0n) is 10.7. The molecule has 1 aromatic heterocycles. The fourth-order valence-corrected chi connectivity index (χ4v) is 2.46. The number of aryl methyl sites for hydroxylation is 2. The normalized spacial score (nSPS) is 11.0. The minimum absolute atomic E-state index is 0.965. The van der Waals surface area contributed by atoms with E-state index in [0.717, 1.165) is 17.9 Å². The molecule has 0 amide bonds. The molecule has 0 spiro atoms. The highest BCUT2D eigenvalue weighted by Crippen LogP contribution is 2.24. The molecule has 0 fully saturated rings. The van der Waals surface area contributed by atoms with Crippen molar-refractivity contribution in [1.29, 1.82) is 0 Å². The zero-order chi connectivity index (χ0) is 12.5. The summed E-state index contributed by atoms with van der Waals surface area (Å²) in [5.41, 5.74) is 4.76. The van der Waals surface area contributed by atoms with Crippen molar-refractivity contribution in [1.82, 2.24) is 9.55 Å². The Balaban J connectivity index is 2.18. The summed E-state index contributed by atoms with van der Waals surface area (Å²) in [5, 5.41) is 0. The van der Waals surface area contributed by atoms with Gasteiger partial charge in [0.2, 0.25) is 0 Å². The number of nitrogens with zero attached hydrogens (tertiary/aromatic N) is 2. The number of benzene rings is 2. The standard InChI is InChI=1S/C16H16N2/c1-3-18-12(2)17-15-11-14(9-10-16(15)18)13-7-5-4-6-8-13/h4-11H,3H2,1-2H3. The number of fused-ring (bicyclic) bond motifs is 1. The average molecular weight is 236 g/mol. The van der Waals surface area contributed by atoms with E-state index in [-0.39, 0.29) is 0 Å². The second kappa shape index (κ2) is 4.30. The second-order valence-corrected chi connectivity index (χ2v) is 4.47. The van der Waals surface area contributed by atoms with Gasteiger partial charge in [-0.3, -0.25) is 0 Å². The summed E-state index contributed by atoms with van der Waals surface area (Å²) >= 11 is 0. The molecule has 0 saturated heterocycles. The largest absolute Gasteiger partial charge is 0.329 e. The van der Waals surface area contributed by atoms with Gasteiger partial charge in [0, 0.05) is 6.54 Å². The molecular weight excluding hydrogens is 220 g/mol. The molecule has 0 aliphatic rings. The van der Waals surface area contributed by atoms with Crippen LogP contribution in [0.1, 0.15) is 12.7 Å². The fourth-order valence-electron chi connectivity index (χ4n) is 2.46. The summed E-state index contributed by atoms with van der Waals surface area (Å²) in [6.45, 7) is 5.18. The van der Waals surface area contributed by atoms with Crippen molar-refractivity contribution < 1.29 is 0 Å². The van der Waals surface area contributed by atoms with E-state index in [1.165, 1.54) is 16.6 Å². The van der Waals surface area contributed by atoms with E-state index >= 15 is 0 Å². The Labute approximate surface area is 107 Å². The lowest BCUT2D eigenvalue weighted by molar-refractivity contribution is 0.753. The van der Waals surface area contributed by atoms with Gasteiger partial charge in [-0.25, -0.2) is 4.98 Å². The summed E-state index contributed by atoms with van der Waals surface area (Å²) in [4.78, 5) is 4.63. The summed E-state index contributed by atoms with van der Waals surface area (Å²) in [6, 6.07) is 16.9. The first-order valence-electron chi connectivity index (χ1n) is 6.32. The van der Waals surface area contributed by atoms with E-state index < -0.39 is 0 Å². The molecule has 2 nitrogen and oxygen atoms in total. The van der Waals surface area contributed by atoms with E-state index in [2.05, 4.69) is 65.9 Å². The summed E-state index contributed by atoms with van der Waals surface area (Å²) < 4.78 is 2.24. The smallest absolute Gasteiger partial charge is 0.106 e. The van der Waals surface area contributed by atoms with Gasteiger partial charge in [0.05, 0.1) is 11.0 Å². The lowest BCUT2D eigenvalue weighted by Crippen LogP contribution is -1.95. The Morgan fingerprint density at radius 1 is 1.00 bits per heavy atom. The maximum atomic E-state index is 4.63. The summed E-state index contributed by atoms with van der Waals surface area (Å²) in [6.07, 6.45) is 0. The molecule has 2 aromatic carbocycles. The highest BCUT2D eigenvalue weighted by atomic mass is 15.1. The van der Waals surface area contributed by atoms with Crippen LogP contribution in [-0.2, 0) is 6.54 Å². The van der Waals surface area contributed by atoms with Gasteiger partial charge in [0.1, 0.15) is 5.82 Å². The van der Waals surface area contributed by atoms with Gasteiger partial charge in [0.25, 0.3) is 0 Å². The fraction of sp³-hybridized carbons (Fsp3) is 0.188. The molecule has 0 aliphatic carbocycles. The Bertz CT molecular complexity index is 681. The first-order chi connectivity index (χ1) is 8.79. The number of aromatic nitrogens is 2. The predicted molar refractivity (Wildman–Crippen MR) is 75.6 cm³/mol. The van der Waals surface area contributed by atoms with Gasteiger partial charge in [-0.1, -0.05) is 36.4 Å². The van der Waals surface area contributed by atoms with Crippen molar-refractivity contribution in [2.45, 2.75) is 20.4 Å². The van der Waals surface area contributed by atoms with E-state index in [1.54, 1.807) is 0 Å². The third kappa shape index (κ3) is 1.70. The number of rotatable bonds is 2. The quantitative estimate of drug-likeness (QED) is 0.656. The maximum Gasteiger partial charge on any atom is 0.106 e. The topological polar surface area (TPSA) is 17.8 Å². The van der Waals surface area contributed by atoms with Crippen LogP contribution in [0.15, 0.2) is 48.5 Å². The van der Waals surface area contributed by atoms with Crippen molar-refractivity contribution >= 4 is 11.0 Å². The monoisotopic (exact) mass is 236 g/mol. The van der Waals surface area contributed by atoms with Gasteiger partial charge >= 0.3 is 0 Å². The predicted octanol–water partition coefficient (Wildman–Crippen LogP) is 4.03.